The summed E-state index contributed by atoms with van der Waals surface area (Å²) in [5.41, 5.74) is 0.447. The fraction of sp³-hybridized carbons (Fsp3) is 0.267. The number of hydrogen-bond acceptors (Lipinski definition) is 7. The van der Waals surface area contributed by atoms with Gasteiger partial charge in [0.15, 0.2) is 11.6 Å². The number of nitrogens with one attached hydrogen (secondary N) is 1. The molecule has 0 atom stereocenters. The van der Waals surface area contributed by atoms with Gasteiger partial charge in [-0.05, 0) is 42.5 Å². The maximum Gasteiger partial charge on any atom is 0.257 e. The highest BCUT2D eigenvalue weighted by Crippen LogP contribution is 2.16. The van der Waals surface area contributed by atoms with Crippen molar-refractivity contribution >= 4 is 11.7 Å². The molecule has 2 heterocycles. The zero-order valence-corrected chi connectivity index (χ0v) is 13.3. The van der Waals surface area contributed by atoms with Crippen LogP contribution in [0.15, 0.2) is 34.9 Å². The fourth-order valence-electron chi connectivity index (χ4n) is 2.06. The minimum absolute atomic E-state index is 0.217. The number of aromatic nitrogens is 5. The number of aryl methyl sites for hydroxylation is 2. The first-order valence-corrected chi connectivity index (χ1v) is 7.38. The van der Waals surface area contributed by atoms with Crippen LogP contribution in [0.25, 0.3) is 0 Å². The Bertz CT molecular complexity index is 841. The van der Waals surface area contributed by atoms with Crippen molar-refractivity contribution in [1.29, 1.82) is 0 Å². The summed E-state index contributed by atoms with van der Waals surface area (Å²) in [5.74, 6) is 1.85. The number of ether oxygens (including phenoxy) is 1. The Balaban J connectivity index is 1.66. The normalized spacial score (nSPS) is 10.6. The molecule has 0 radical (unpaired) electrons. The summed E-state index contributed by atoms with van der Waals surface area (Å²) in [6.45, 7) is 4.57. The number of amides is 1. The molecule has 3 rings (SSSR count). The molecule has 0 aliphatic heterocycles. The monoisotopic (exact) mass is 328 g/mol. The average molecular weight is 328 g/mol. The second-order valence-electron chi connectivity index (χ2n) is 5.00. The number of anilines is 1. The quantitative estimate of drug-likeness (QED) is 0.735. The molecule has 0 saturated heterocycles. The number of hydrogen-bond donors (Lipinski definition) is 1. The molecule has 1 amide bonds. The van der Waals surface area contributed by atoms with Crippen molar-refractivity contribution in [2.75, 3.05) is 5.32 Å². The van der Waals surface area contributed by atoms with Crippen molar-refractivity contribution in [2.45, 2.75) is 27.0 Å². The van der Waals surface area contributed by atoms with Crippen LogP contribution in [0.3, 0.4) is 0 Å². The van der Waals surface area contributed by atoms with E-state index in [0.29, 0.717) is 35.3 Å². The van der Waals surface area contributed by atoms with Gasteiger partial charge in [0.25, 0.3) is 5.91 Å². The molecule has 124 valence electrons. The third kappa shape index (κ3) is 3.57. The molecule has 1 N–H and O–H groups in total. The Labute approximate surface area is 137 Å². The lowest BCUT2D eigenvalue weighted by atomic mass is 10.2. The summed E-state index contributed by atoms with van der Waals surface area (Å²) in [5, 5.41) is 17.7. The van der Waals surface area contributed by atoms with Gasteiger partial charge in [0.05, 0.1) is 0 Å². The van der Waals surface area contributed by atoms with E-state index in [1.165, 1.54) is 0 Å². The lowest BCUT2D eigenvalue weighted by molar-refractivity contribution is 0.102. The molecule has 0 bridgehead atoms. The lowest BCUT2D eigenvalue weighted by Crippen LogP contribution is -2.12. The van der Waals surface area contributed by atoms with E-state index in [-0.39, 0.29) is 12.5 Å². The minimum atomic E-state index is -0.299. The van der Waals surface area contributed by atoms with Gasteiger partial charge in [-0.15, -0.1) is 5.10 Å². The fourth-order valence-corrected chi connectivity index (χ4v) is 2.06. The van der Waals surface area contributed by atoms with Crippen molar-refractivity contribution in [3.05, 3.63) is 47.5 Å². The largest absolute Gasteiger partial charge is 0.486 e. The predicted octanol–water partition coefficient (Wildman–Crippen LogP) is 1.82. The minimum Gasteiger partial charge on any atom is -0.486 e. The number of nitrogens with zero attached hydrogens (tertiary/aromatic N) is 5. The molecule has 24 heavy (non-hydrogen) atoms. The van der Waals surface area contributed by atoms with Gasteiger partial charge >= 0.3 is 0 Å². The van der Waals surface area contributed by atoms with E-state index in [2.05, 4.69) is 26.0 Å². The summed E-state index contributed by atoms with van der Waals surface area (Å²) >= 11 is 0. The Hall–Kier alpha value is -3.23. The van der Waals surface area contributed by atoms with Crippen LogP contribution >= 0.6 is 0 Å². The highest BCUT2D eigenvalue weighted by molar-refractivity contribution is 6.03. The second kappa shape index (κ2) is 6.90. The van der Waals surface area contributed by atoms with Crippen molar-refractivity contribution in [3.63, 3.8) is 0 Å². The molecular formula is C15H16N6O3. The van der Waals surface area contributed by atoms with Gasteiger partial charge in [0.1, 0.15) is 18.1 Å². The molecule has 0 spiro atoms. The Morgan fingerprint density at radius 1 is 1.38 bits per heavy atom. The third-order valence-corrected chi connectivity index (χ3v) is 3.24. The van der Waals surface area contributed by atoms with Crippen LogP contribution in [0.4, 0.5) is 5.82 Å². The number of carbonyl (C=O) groups is 1. The number of rotatable bonds is 6. The van der Waals surface area contributed by atoms with Crippen molar-refractivity contribution in [3.8, 4) is 5.75 Å². The Morgan fingerprint density at radius 3 is 3.00 bits per heavy atom. The van der Waals surface area contributed by atoms with Gasteiger partial charge in [0, 0.05) is 18.2 Å². The summed E-state index contributed by atoms with van der Waals surface area (Å²) in [6.07, 6.45) is 0. The van der Waals surface area contributed by atoms with Crippen molar-refractivity contribution in [1.82, 2.24) is 25.4 Å². The molecular weight excluding hydrogens is 312 g/mol. The van der Waals surface area contributed by atoms with Gasteiger partial charge < -0.3 is 14.6 Å². The van der Waals surface area contributed by atoms with Crippen molar-refractivity contribution < 1.29 is 14.1 Å². The van der Waals surface area contributed by atoms with E-state index in [1.54, 1.807) is 41.9 Å². The van der Waals surface area contributed by atoms with Gasteiger partial charge in [-0.3, -0.25) is 4.79 Å². The van der Waals surface area contributed by atoms with Gasteiger partial charge in [-0.25, -0.2) is 4.68 Å². The third-order valence-electron chi connectivity index (χ3n) is 3.24. The smallest absolute Gasteiger partial charge is 0.257 e. The summed E-state index contributed by atoms with van der Waals surface area (Å²) in [4.78, 5) is 12.2. The highest BCUT2D eigenvalue weighted by Gasteiger charge is 2.11. The highest BCUT2D eigenvalue weighted by atomic mass is 16.5. The van der Waals surface area contributed by atoms with Crippen LogP contribution < -0.4 is 10.1 Å². The Kier molecular flexibility index (Phi) is 4.50. The molecule has 0 aliphatic rings. The van der Waals surface area contributed by atoms with Crippen LogP contribution in [0.1, 0.15) is 28.9 Å². The van der Waals surface area contributed by atoms with E-state index in [0.717, 1.165) is 0 Å². The zero-order valence-electron chi connectivity index (χ0n) is 13.3. The number of benzene rings is 1. The molecule has 9 nitrogen and oxygen atoms in total. The van der Waals surface area contributed by atoms with Gasteiger partial charge in [0.2, 0.25) is 0 Å². The Morgan fingerprint density at radius 2 is 2.25 bits per heavy atom. The molecule has 9 heteroatoms. The van der Waals surface area contributed by atoms with E-state index >= 15 is 0 Å². The SMILES string of the molecule is CCn1nnnc1COc1cccc(C(=O)Nc2cc(C)on2)c1. The molecule has 2 aromatic heterocycles. The van der Waals surface area contributed by atoms with E-state index < -0.39 is 0 Å². The van der Waals surface area contributed by atoms with Crippen LogP contribution in [0, 0.1) is 6.92 Å². The summed E-state index contributed by atoms with van der Waals surface area (Å²) in [6, 6.07) is 8.47. The summed E-state index contributed by atoms with van der Waals surface area (Å²) in [7, 11) is 0. The molecule has 0 aliphatic carbocycles. The maximum atomic E-state index is 12.2. The molecule has 3 aromatic rings. The van der Waals surface area contributed by atoms with E-state index in [1.807, 2.05) is 6.92 Å². The standard InChI is InChI=1S/C15H16N6O3/c1-3-21-14(17-19-20-21)9-23-12-6-4-5-11(8-12)15(22)16-13-7-10(2)24-18-13/h4-8H,3,9H2,1-2H3,(H,16,18,22). The molecule has 0 fully saturated rings. The first-order chi connectivity index (χ1) is 11.7. The van der Waals surface area contributed by atoms with Crippen molar-refractivity contribution in [2.24, 2.45) is 0 Å². The zero-order chi connectivity index (χ0) is 16.9. The predicted molar refractivity (Wildman–Crippen MR) is 83.5 cm³/mol. The van der Waals surface area contributed by atoms with E-state index in [4.69, 9.17) is 9.26 Å². The lowest BCUT2D eigenvalue weighted by Gasteiger charge is -2.07. The van der Waals surface area contributed by atoms with Crippen LogP contribution in [0.2, 0.25) is 0 Å². The second-order valence-corrected chi connectivity index (χ2v) is 5.00. The van der Waals surface area contributed by atoms with Gasteiger partial charge in [-0.1, -0.05) is 11.2 Å². The van der Waals surface area contributed by atoms with E-state index in [9.17, 15) is 4.79 Å². The average Bonchev–Trinajstić information content (AvgIpc) is 3.21. The van der Waals surface area contributed by atoms with Crippen LogP contribution in [0.5, 0.6) is 5.75 Å². The number of tetrazole rings is 1. The number of carbonyl (C=O) groups excluding carboxylic acids is 1. The molecule has 0 saturated carbocycles. The molecule has 1 aromatic carbocycles. The summed E-state index contributed by atoms with van der Waals surface area (Å²) < 4.78 is 12.2. The first-order valence-electron chi connectivity index (χ1n) is 7.38. The molecule has 0 unspecified atom stereocenters. The maximum absolute atomic E-state index is 12.2. The van der Waals surface area contributed by atoms with Crippen LogP contribution in [-0.4, -0.2) is 31.3 Å². The first kappa shape index (κ1) is 15.7. The topological polar surface area (TPSA) is 108 Å². The van der Waals surface area contributed by atoms with Gasteiger partial charge in [-0.2, -0.15) is 0 Å². The van der Waals surface area contributed by atoms with Crippen LogP contribution in [-0.2, 0) is 13.2 Å².